The second-order valence-corrected chi connectivity index (χ2v) is 5.97. The fourth-order valence-electron chi connectivity index (χ4n) is 1.91. The topological polar surface area (TPSA) is 66.4 Å². The van der Waals surface area contributed by atoms with E-state index in [1.54, 1.807) is 0 Å². The number of carbonyl (C=O) groups excluding carboxylic acids is 1. The van der Waals surface area contributed by atoms with E-state index < -0.39 is 5.97 Å². The predicted molar refractivity (Wildman–Crippen MR) is 77.0 cm³/mol. The van der Waals surface area contributed by atoms with Gasteiger partial charge in [0.25, 0.3) is 0 Å². The molecule has 0 saturated heterocycles. The zero-order valence-corrected chi connectivity index (χ0v) is 12.6. The van der Waals surface area contributed by atoms with E-state index in [0.29, 0.717) is 19.4 Å². The highest BCUT2D eigenvalue weighted by Crippen LogP contribution is 2.25. The van der Waals surface area contributed by atoms with Crippen LogP contribution in [0.5, 0.6) is 0 Å². The van der Waals surface area contributed by atoms with Gasteiger partial charge in [-0.2, -0.15) is 0 Å². The van der Waals surface area contributed by atoms with Gasteiger partial charge in [-0.3, -0.25) is 9.59 Å². The van der Waals surface area contributed by atoms with Gasteiger partial charge in [0.1, 0.15) is 0 Å². The summed E-state index contributed by atoms with van der Waals surface area (Å²) in [7, 11) is 0. The van der Waals surface area contributed by atoms with Crippen LogP contribution in [0.25, 0.3) is 0 Å². The highest BCUT2D eigenvalue weighted by molar-refractivity contribution is 5.75. The summed E-state index contributed by atoms with van der Waals surface area (Å²) in [6.45, 7) is 6.88. The molecule has 4 nitrogen and oxygen atoms in total. The van der Waals surface area contributed by atoms with E-state index in [-0.39, 0.29) is 17.7 Å². The molecule has 0 unspecified atom stereocenters. The third-order valence-electron chi connectivity index (χ3n) is 3.40. The molecule has 0 saturated carbocycles. The maximum atomic E-state index is 11.6. The molecule has 0 bridgehead atoms. The molecule has 0 aromatic rings. The van der Waals surface area contributed by atoms with Crippen molar-refractivity contribution in [3.8, 4) is 0 Å². The Kier molecular flexibility index (Phi) is 9.27. The van der Waals surface area contributed by atoms with Crippen molar-refractivity contribution in [2.75, 3.05) is 6.54 Å². The van der Waals surface area contributed by atoms with Crippen LogP contribution >= 0.6 is 0 Å². The maximum absolute atomic E-state index is 11.6. The van der Waals surface area contributed by atoms with E-state index in [9.17, 15) is 9.59 Å². The Labute approximate surface area is 117 Å². The van der Waals surface area contributed by atoms with Crippen LogP contribution in [0.3, 0.4) is 0 Å². The molecule has 0 aliphatic rings. The number of carbonyl (C=O) groups is 2. The summed E-state index contributed by atoms with van der Waals surface area (Å²) in [6, 6.07) is 0. The monoisotopic (exact) mass is 271 g/mol. The van der Waals surface area contributed by atoms with Crippen molar-refractivity contribution < 1.29 is 14.7 Å². The summed E-state index contributed by atoms with van der Waals surface area (Å²) in [5, 5.41) is 11.6. The van der Waals surface area contributed by atoms with E-state index in [2.05, 4.69) is 12.2 Å². The lowest BCUT2D eigenvalue weighted by Gasteiger charge is -2.23. The Hall–Kier alpha value is -1.06. The van der Waals surface area contributed by atoms with Crippen LogP contribution in [0, 0.1) is 5.41 Å². The number of nitrogens with one attached hydrogen (secondary N) is 1. The molecule has 1 amide bonds. The van der Waals surface area contributed by atoms with Gasteiger partial charge in [0.05, 0.1) is 0 Å². The Morgan fingerprint density at radius 1 is 1.05 bits per heavy atom. The fourth-order valence-corrected chi connectivity index (χ4v) is 1.91. The Morgan fingerprint density at radius 2 is 1.74 bits per heavy atom. The number of amides is 1. The fraction of sp³-hybridized carbons (Fsp3) is 0.867. The molecule has 112 valence electrons. The molecule has 0 rings (SSSR count). The van der Waals surface area contributed by atoms with Gasteiger partial charge in [-0.1, -0.05) is 40.0 Å². The van der Waals surface area contributed by atoms with Crippen molar-refractivity contribution in [1.29, 1.82) is 0 Å². The van der Waals surface area contributed by atoms with Crippen molar-refractivity contribution in [3.63, 3.8) is 0 Å². The van der Waals surface area contributed by atoms with Crippen LogP contribution in [-0.2, 0) is 9.59 Å². The lowest BCUT2D eigenvalue weighted by atomic mass is 9.84. The van der Waals surface area contributed by atoms with Crippen molar-refractivity contribution >= 4 is 11.9 Å². The number of rotatable bonds is 11. The van der Waals surface area contributed by atoms with E-state index >= 15 is 0 Å². The molecule has 0 aliphatic carbocycles. The average molecular weight is 271 g/mol. The zero-order chi connectivity index (χ0) is 14.7. The largest absolute Gasteiger partial charge is 0.481 e. The minimum atomic E-state index is -0.756. The van der Waals surface area contributed by atoms with Crippen LogP contribution in [-0.4, -0.2) is 23.5 Å². The van der Waals surface area contributed by atoms with Crippen LogP contribution in [0.1, 0.15) is 72.1 Å². The lowest BCUT2D eigenvalue weighted by Crippen LogP contribution is -2.28. The van der Waals surface area contributed by atoms with Gasteiger partial charge in [-0.25, -0.2) is 0 Å². The molecular formula is C15H29NO3. The summed E-state index contributed by atoms with van der Waals surface area (Å²) in [5.41, 5.74) is -0.0338. The number of hydrogen-bond acceptors (Lipinski definition) is 2. The quantitative estimate of drug-likeness (QED) is 0.566. The van der Waals surface area contributed by atoms with Gasteiger partial charge in [0.15, 0.2) is 0 Å². The molecule has 0 fully saturated rings. The van der Waals surface area contributed by atoms with Crippen molar-refractivity contribution in [2.24, 2.45) is 5.41 Å². The molecule has 0 spiro atoms. The van der Waals surface area contributed by atoms with Crippen molar-refractivity contribution in [3.05, 3.63) is 0 Å². The van der Waals surface area contributed by atoms with E-state index in [1.165, 1.54) is 12.8 Å². The summed E-state index contributed by atoms with van der Waals surface area (Å²) in [4.78, 5) is 22.1. The number of hydrogen-bond donors (Lipinski definition) is 2. The normalized spacial score (nSPS) is 11.3. The van der Waals surface area contributed by atoms with E-state index in [1.807, 2.05) is 13.8 Å². The van der Waals surface area contributed by atoms with Gasteiger partial charge in [-0.15, -0.1) is 0 Å². The molecule has 0 aromatic heterocycles. The average Bonchev–Trinajstić information content (AvgIpc) is 2.32. The summed E-state index contributed by atoms with van der Waals surface area (Å²) >= 11 is 0. The van der Waals surface area contributed by atoms with E-state index in [4.69, 9.17) is 5.11 Å². The lowest BCUT2D eigenvalue weighted by molar-refractivity contribution is -0.137. The van der Waals surface area contributed by atoms with Gasteiger partial charge >= 0.3 is 5.97 Å². The second-order valence-electron chi connectivity index (χ2n) is 5.97. The second kappa shape index (κ2) is 9.82. The predicted octanol–water partition coefficient (Wildman–Crippen LogP) is 3.35. The van der Waals surface area contributed by atoms with Crippen LogP contribution in [0.15, 0.2) is 0 Å². The standard InChI is InChI=1S/C15H29NO3/c1-4-5-6-7-8-13(17)16-12-11-15(2,3)10-9-14(18)19/h4-12H2,1-3H3,(H,16,17)(H,18,19). The molecular weight excluding hydrogens is 242 g/mol. The maximum Gasteiger partial charge on any atom is 0.303 e. The van der Waals surface area contributed by atoms with Crippen molar-refractivity contribution in [1.82, 2.24) is 5.32 Å². The van der Waals surface area contributed by atoms with Gasteiger partial charge in [0, 0.05) is 19.4 Å². The minimum Gasteiger partial charge on any atom is -0.481 e. The van der Waals surface area contributed by atoms with Crippen LogP contribution < -0.4 is 5.32 Å². The van der Waals surface area contributed by atoms with Gasteiger partial charge in [0.2, 0.25) is 5.91 Å². The molecule has 19 heavy (non-hydrogen) atoms. The summed E-state index contributed by atoms with van der Waals surface area (Å²) < 4.78 is 0. The van der Waals surface area contributed by atoms with Gasteiger partial charge < -0.3 is 10.4 Å². The summed E-state index contributed by atoms with van der Waals surface area (Å²) in [5.74, 6) is -0.641. The first-order valence-corrected chi connectivity index (χ1v) is 7.36. The number of unbranched alkanes of at least 4 members (excludes halogenated alkanes) is 3. The number of carboxylic acid groups (broad SMARTS) is 1. The molecule has 0 radical (unpaired) electrons. The van der Waals surface area contributed by atoms with Gasteiger partial charge in [-0.05, 0) is 24.7 Å². The molecule has 0 aliphatic heterocycles. The minimum absolute atomic E-state index is 0.0338. The van der Waals surface area contributed by atoms with Crippen LogP contribution in [0.4, 0.5) is 0 Å². The third kappa shape index (κ3) is 11.7. The van der Waals surface area contributed by atoms with Crippen LogP contribution in [0.2, 0.25) is 0 Å². The molecule has 4 heteroatoms. The summed E-state index contributed by atoms with van der Waals surface area (Å²) in [6.07, 6.45) is 6.72. The Balaban J connectivity index is 3.64. The first kappa shape index (κ1) is 17.9. The first-order valence-electron chi connectivity index (χ1n) is 7.36. The van der Waals surface area contributed by atoms with E-state index in [0.717, 1.165) is 19.3 Å². The first-order chi connectivity index (χ1) is 8.87. The highest BCUT2D eigenvalue weighted by Gasteiger charge is 2.19. The molecule has 0 atom stereocenters. The highest BCUT2D eigenvalue weighted by atomic mass is 16.4. The molecule has 0 aromatic carbocycles. The van der Waals surface area contributed by atoms with Crippen molar-refractivity contribution in [2.45, 2.75) is 72.1 Å². The SMILES string of the molecule is CCCCCCC(=O)NCCC(C)(C)CCC(=O)O. The third-order valence-corrected chi connectivity index (χ3v) is 3.40. The Morgan fingerprint density at radius 3 is 2.32 bits per heavy atom. The molecule has 0 heterocycles. The number of carboxylic acids is 1. The smallest absolute Gasteiger partial charge is 0.303 e. The number of aliphatic carboxylic acids is 1. The zero-order valence-electron chi connectivity index (χ0n) is 12.6. The molecule has 2 N–H and O–H groups in total. The Bertz CT molecular complexity index is 275.